The summed E-state index contributed by atoms with van der Waals surface area (Å²) >= 11 is 0. The van der Waals surface area contributed by atoms with Crippen LogP contribution in [0.5, 0.6) is 0 Å². The molecule has 0 aliphatic heterocycles. The Kier molecular flexibility index (Phi) is 84.4. The molecule has 0 N–H and O–H groups in total. The van der Waals surface area contributed by atoms with Crippen LogP contribution in [0.4, 0.5) is 0 Å². The molecule has 5 rings (SSSR count). The summed E-state index contributed by atoms with van der Waals surface area (Å²) in [6.07, 6.45) is 21.3. The van der Waals surface area contributed by atoms with Crippen molar-refractivity contribution in [3.63, 3.8) is 0 Å². The minimum absolute atomic E-state index is 0. The Labute approximate surface area is 524 Å². The van der Waals surface area contributed by atoms with Gasteiger partial charge in [-0.25, -0.2) is 0 Å². The summed E-state index contributed by atoms with van der Waals surface area (Å²) in [5, 5.41) is 0. The molecule has 0 fully saturated rings. The van der Waals surface area contributed by atoms with Crippen LogP contribution in [0, 0.1) is 5.92 Å². The van der Waals surface area contributed by atoms with E-state index in [9.17, 15) is 0 Å². The zero-order chi connectivity index (χ0) is 56.2. The van der Waals surface area contributed by atoms with E-state index in [1.54, 1.807) is 50.5 Å². The minimum atomic E-state index is -0.00104. The van der Waals surface area contributed by atoms with E-state index in [0.717, 1.165) is 54.4 Å². The van der Waals surface area contributed by atoms with Crippen molar-refractivity contribution in [1.82, 2.24) is 24.9 Å². The number of rotatable bonds is 12. The fourth-order valence-corrected chi connectivity index (χ4v) is 3.42. The summed E-state index contributed by atoms with van der Waals surface area (Å²) in [5.41, 5.74) is 10.5. The standard InChI is InChI=1S/4C9H13N2.C6H7N2.5C4H8.5Mn/c1-9(2,3)11-7-8-5-4-6-10-8;1-8(2)6-10-7-9-4-3-5-11-9;1-3-8(2)11-7-9-5-4-6-10-9;1-2-3-6-10-8-9-5-4-7-11-9;1-7-5-6-3-2-4-8-6;5*1-4(2)3;;;;;/h4-7H,1-3H3;3-5,7-8H,6H2,1-2H3;4-8H,3H2,1-2H3;4-5,7-8H,2-3,6H2,1H3;2-5H,1H3;5*1H2,2-3H3;;;;;/q5*-1;;;;;;;;;;. The molecule has 437 valence electrons. The second kappa shape index (κ2) is 68.2. The van der Waals surface area contributed by atoms with Crippen molar-refractivity contribution >= 4 is 31.1 Å². The van der Waals surface area contributed by atoms with E-state index in [4.69, 9.17) is 0 Å². The Morgan fingerprint density at radius 1 is 0.481 bits per heavy atom. The maximum absolute atomic E-state index is 4.31. The summed E-state index contributed by atoms with van der Waals surface area (Å²) in [4.78, 5) is 41.1. The summed E-state index contributed by atoms with van der Waals surface area (Å²) in [6, 6.07) is 19.6. The molecule has 0 amide bonds. The molecule has 0 saturated heterocycles. The molecule has 1 atom stereocenters. The first kappa shape index (κ1) is 95.4. The number of allylic oxidation sites excluding steroid dienone is 5. The smallest absolute Gasteiger partial charge is 0.0523 e. The van der Waals surface area contributed by atoms with E-state index in [1.807, 2.05) is 149 Å². The molecule has 5 heterocycles. The summed E-state index contributed by atoms with van der Waals surface area (Å²) < 4.78 is 0. The van der Waals surface area contributed by atoms with Crippen molar-refractivity contribution in [3.05, 3.63) is 181 Å². The Balaban J connectivity index is -0.0000000828. The summed E-state index contributed by atoms with van der Waals surface area (Å²) in [5.74, 6) is 0.626. The van der Waals surface area contributed by atoms with Gasteiger partial charge < -0.3 is 24.9 Å². The van der Waals surface area contributed by atoms with Crippen LogP contribution in [0.1, 0.15) is 172 Å². The van der Waals surface area contributed by atoms with E-state index in [1.165, 1.54) is 34.3 Å². The average Bonchev–Trinajstić information content (AvgIpc) is 4.12. The van der Waals surface area contributed by atoms with Crippen molar-refractivity contribution in [2.24, 2.45) is 30.9 Å². The molecule has 5 aromatic rings. The summed E-state index contributed by atoms with van der Waals surface area (Å²) in [7, 11) is 1.73. The van der Waals surface area contributed by atoms with Crippen LogP contribution in [0.15, 0.2) is 177 Å². The van der Waals surface area contributed by atoms with Gasteiger partial charge in [-0.2, -0.15) is 31.0 Å². The van der Waals surface area contributed by atoms with Crippen molar-refractivity contribution in [2.45, 2.75) is 155 Å². The first-order chi connectivity index (χ1) is 33.7. The normalized spacial score (nSPS) is 9.82. The molecule has 0 aliphatic carbocycles. The third-order valence-electron chi connectivity index (χ3n) is 6.34. The maximum atomic E-state index is 4.31. The molecule has 5 radical (unpaired) electrons. The molecule has 77 heavy (non-hydrogen) atoms. The predicted molar refractivity (Wildman–Crippen MR) is 324 cm³/mol. The number of hydrogen-bond acceptors (Lipinski definition) is 5. The molecule has 0 aliphatic rings. The SMILES string of the molecule is C=C(C)C.C=C(C)C.C=C(C)C.C=C(C)C.C=C(C)C.CC(C)(C)N=Cc1ccc[n-]1.CC(C)CN=Cc1ccc[n-]1.CCC(C)N=Cc1ccc[n-]1.CCCCN=Cc1ccc[n-]1.CN=Cc1ccc[n-]1.[Mn].[Mn].[Mn].[Mn].[Mn]. The first-order valence-corrected chi connectivity index (χ1v) is 24.7. The van der Waals surface area contributed by atoms with Gasteiger partial charge in [0.15, 0.2) is 0 Å². The number of unbranched alkanes of at least 4 members (excludes halogenated alkanes) is 1. The quantitative estimate of drug-likeness (QED) is 0.0531. The van der Waals surface area contributed by atoms with Crippen LogP contribution in [-0.2, 0) is 85.3 Å². The van der Waals surface area contributed by atoms with Gasteiger partial charge in [0.2, 0.25) is 0 Å². The van der Waals surface area contributed by atoms with Crippen molar-refractivity contribution in [1.29, 1.82) is 0 Å². The second-order valence-corrected chi connectivity index (χ2v) is 19.0. The number of hydrogen-bond donors (Lipinski definition) is 0. The molecule has 5 aromatic heterocycles. The van der Waals surface area contributed by atoms with Crippen molar-refractivity contribution in [2.75, 3.05) is 20.1 Å². The Bertz CT molecular complexity index is 2010. The monoisotopic (exact) mass is 1260 g/mol. The van der Waals surface area contributed by atoms with E-state index in [-0.39, 0.29) is 90.9 Å². The Morgan fingerprint density at radius 2 is 0.766 bits per heavy atom. The van der Waals surface area contributed by atoms with Gasteiger partial charge >= 0.3 is 0 Å². The molecule has 15 heteroatoms. The van der Waals surface area contributed by atoms with E-state index >= 15 is 0 Å². The van der Waals surface area contributed by atoms with Gasteiger partial charge in [-0.15, -0.1) is 61.4 Å². The van der Waals surface area contributed by atoms with Crippen molar-refractivity contribution < 1.29 is 85.3 Å². The van der Waals surface area contributed by atoms with E-state index < -0.39 is 0 Å². The molecule has 0 aromatic carbocycles. The van der Waals surface area contributed by atoms with Gasteiger partial charge in [-0.05, 0) is 116 Å². The molecule has 0 bridgehead atoms. The first-order valence-electron chi connectivity index (χ1n) is 24.7. The van der Waals surface area contributed by atoms with Crippen LogP contribution in [0.3, 0.4) is 0 Å². The van der Waals surface area contributed by atoms with Crippen LogP contribution in [0.2, 0.25) is 0 Å². The number of aliphatic imine (C=N–C) groups is 5. The third-order valence-corrected chi connectivity index (χ3v) is 6.34. The van der Waals surface area contributed by atoms with Crippen LogP contribution < -0.4 is 24.9 Å². The Morgan fingerprint density at radius 3 is 1.01 bits per heavy atom. The van der Waals surface area contributed by atoms with E-state index in [0.29, 0.717) is 12.0 Å². The topological polar surface area (TPSA) is 132 Å². The largest absolute Gasteiger partial charge is 0.663 e. The van der Waals surface area contributed by atoms with Gasteiger partial charge in [0.25, 0.3) is 0 Å². The maximum Gasteiger partial charge on any atom is 0.0523 e. The fraction of sp³-hybridized carbons (Fsp3) is 0.435. The molecule has 1 unspecified atom stereocenters. The van der Waals surface area contributed by atoms with Gasteiger partial charge in [0.05, 0.1) is 5.54 Å². The summed E-state index contributed by atoms with van der Waals surface area (Å²) in [6.45, 7) is 56.2. The predicted octanol–water partition coefficient (Wildman–Crippen LogP) is 15.9. The molecule has 10 nitrogen and oxygen atoms in total. The number of nitrogens with zero attached hydrogens (tertiary/aromatic N) is 10. The number of aromatic nitrogens is 5. The Hall–Kier alpha value is -3.95. The molecular weight excluding hydrogens is 1160 g/mol. The zero-order valence-electron chi connectivity index (χ0n) is 50.6. The van der Waals surface area contributed by atoms with E-state index in [2.05, 4.69) is 138 Å². The molecule has 0 saturated carbocycles. The van der Waals surface area contributed by atoms with Gasteiger partial charge in [0.1, 0.15) is 0 Å². The van der Waals surface area contributed by atoms with Crippen LogP contribution in [-0.4, -0.2) is 62.8 Å². The van der Waals surface area contributed by atoms with Gasteiger partial charge in [-0.1, -0.05) is 123 Å². The van der Waals surface area contributed by atoms with Crippen LogP contribution >= 0.6 is 0 Å². The fourth-order valence-electron chi connectivity index (χ4n) is 3.42. The third kappa shape index (κ3) is 101. The zero-order valence-corrected chi connectivity index (χ0v) is 56.5. The van der Waals surface area contributed by atoms with Gasteiger partial charge in [-0.3, -0.25) is 25.0 Å². The van der Waals surface area contributed by atoms with Crippen LogP contribution in [0.25, 0.3) is 0 Å². The second-order valence-electron chi connectivity index (χ2n) is 19.0. The van der Waals surface area contributed by atoms with Gasteiger partial charge in [0, 0.05) is 143 Å². The van der Waals surface area contributed by atoms with Crippen molar-refractivity contribution in [3.8, 4) is 0 Å². The molecular formula is C62H99Mn5N10-5. The molecule has 0 spiro atoms. The average molecular weight is 1260 g/mol. The minimum Gasteiger partial charge on any atom is -0.663 e.